The van der Waals surface area contributed by atoms with Crippen molar-refractivity contribution in [3.63, 3.8) is 0 Å². The van der Waals surface area contributed by atoms with Crippen LogP contribution in [0.2, 0.25) is 0 Å². The number of aromatic hydroxyl groups is 2. The van der Waals surface area contributed by atoms with Crippen LogP contribution in [-0.4, -0.2) is 22.6 Å². The van der Waals surface area contributed by atoms with Crippen molar-refractivity contribution in [3.05, 3.63) is 259 Å². The van der Waals surface area contributed by atoms with Gasteiger partial charge in [0.25, 0.3) is 0 Å². The van der Waals surface area contributed by atoms with E-state index in [1.165, 1.54) is 44.5 Å². The molecule has 8 rings (SSSR count). The minimum absolute atomic E-state index is 0.0657. The summed E-state index contributed by atoms with van der Waals surface area (Å²) in [6.45, 7) is 16.4. The first kappa shape index (κ1) is 50.6. The number of rotatable bonds is 10. The average molecular weight is 1000 g/mol. The number of nitrogens with zero attached hydrogens (tertiary/aromatic N) is 2. The number of phenols is 2. The molecule has 0 aliphatic heterocycles. The molecule has 0 amide bonds. The molecule has 0 radical (unpaired) electrons. The van der Waals surface area contributed by atoms with Gasteiger partial charge in [-0.3, -0.25) is 9.98 Å². The topological polar surface area (TPSA) is 65.2 Å². The second-order valence-electron chi connectivity index (χ2n) is 17.2. The van der Waals surface area contributed by atoms with Crippen molar-refractivity contribution in [1.29, 1.82) is 0 Å². The number of hydrogen-bond donors (Lipinski definition) is 2. The monoisotopic (exact) mass is 998 g/mol. The standard InChI is InChI=1S/2C30H29NO.2ClH.Zr/c2*1-20-16-23(4)30(32)26(17-20)19-31-29-22(3)15-21(2)18-27(29)28(24-11-7-5-8-12-24)25-13-9-6-10-14-25;;;/h2*5-19,28,32H,1-4H3;2*1H;/q;;;;+2/p-2. The molecule has 8 aromatic carbocycles. The molecule has 0 aliphatic carbocycles. The van der Waals surface area contributed by atoms with Gasteiger partial charge in [-0.2, -0.15) is 0 Å². The van der Waals surface area contributed by atoms with E-state index in [1.807, 2.05) is 52.0 Å². The Labute approximate surface area is 416 Å². The zero-order chi connectivity index (χ0) is 48.0. The summed E-state index contributed by atoms with van der Waals surface area (Å²) in [5, 5.41) is 21.1. The number of hydrogen-bond acceptors (Lipinski definition) is 4. The first-order valence-corrected chi connectivity index (χ1v) is 28.7. The zero-order valence-corrected chi connectivity index (χ0v) is 43.5. The summed E-state index contributed by atoms with van der Waals surface area (Å²) in [5.74, 6) is 0.702. The third-order valence-electron chi connectivity index (χ3n) is 11.7. The van der Waals surface area contributed by atoms with Crippen molar-refractivity contribution in [3.8, 4) is 11.5 Å². The van der Waals surface area contributed by atoms with Gasteiger partial charge in [0.2, 0.25) is 0 Å². The third kappa shape index (κ3) is 13.2. The van der Waals surface area contributed by atoms with Gasteiger partial charge in [0.1, 0.15) is 11.5 Å². The quantitative estimate of drug-likeness (QED) is 0.106. The number of halogens is 2. The molecule has 7 heteroatoms. The van der Waals surface area contributed by atoms with Crippen LogP contribution >= 0.6 is 17.0 Å². The number of aryl methyl sites for hydroxylation is 8. The van der Waals surface area contributed by atoms with E-state index in [-0.39, 0.29) is 23.3 Å². The van der Waals surface area contributed by atoms with E-state index in [0.29, 0.717) is 0 Å². The molecule has 4 nitrogen and oxygen atoms in total. The molecule has 0 heterocycles. The zero-order valence-electron chi connectivity index (χ0n) is 39.5. The van der Waals surface area contributed by atoms with Gasteiger partial charge in [-0.05, 0) is 134 Å². The Morgan fingerprint density at radius 1 is 0.388 bits per heavy atom. The van der Waals surface area contributed by atoms with Crippen LogP contribution in [0.5, 0.6) is 11.5 Å². The Morgan fingerprint density at radius 2 is 0.642 bits per heavy atom. The maximum atomic E-state index is 10.6. The summed E-state index contributed by atoms with van der Waals surface area (Å²) in [6.07, 6.45) is 3.59. The fourth-order valence-electron chi connectivity index (χ4n) is 8.91. The molecule has 0 saturated carbocycles. The Morgan fingerprint density at radius 3 is 0.925 bits per heavy atom. The summed E-state index contributed by atoms with van der Waals surface area (Å²) >= 11 is -0.826. The van der Waals surface area contributed by atoms with Crippen molar-refractivity contribution in [1.82, 2.24) is 0 Å². The summed E-state index contributed by atoms with van der Waals surface area (Å²) < 4.78 is 0. The molecule has 0 aliphatic rings. The van der Waals surface area contributed by atoms with Crippen molar-refractivity contribution in [2.75, 3.05) is 0 Å². The van der Waals surface area contributed by atoms with E-state index in [1.54, 1.807) is 12.4 Å². The van der Waals surface area contributed by atoms with Crippen LogP contribution in [0.25, 0.3) is 0 Å². The number of phenolic OH excluding ortho intramolecular Hbond substituents is 2. The number of benzene rings is 8. The molecule has 338 valence electrons. The molecular weight excluding hydrogens is 943 g/mol. The summed E-state index contributed by atoms with van der Waals surface area (Å²) in [5.41, 5.74) is 19.2. The Balaban J connectivity index is 0.000000209. The van der Waals surface area contributed by atoms with Gasteiger partial charge in [-0.25, -0.2) is 0 Å². The van der Waals surface area contributed by atoms with Gasteiger partial charge in [0.05, 0.1) is 11.4 Å². The average Bonchev–Trinajstić information content (AvgIpc) is 3.31. The van der Waals surface area contributed by atoms with Crippen molar-refractivity contribution in [2.45, 2.75) is 67.2 Å². The van der Waals surface area contributed by atoms with Crippen LogP contribution < -0.4 is 0 Å². The normalized spacial score (nSPS) is 11.1. The fraction of sp³-hybridized carbons (Fsp3) is 0.167. The van der Waals surface area contributed by atoms with Gasteiger partial charge < -0.3 is 10.2 Å². The maximum absolute atomic E-state index is 10.6. The van der Waals surface area contributed by atoms with Crippen LogP contribution in [-0.2, 0) is 20.8 Å². The molecule has 67 heavy (non-hydrogen) atoms. The van der Waals surface area contributed by atoms with Gasteiger partial charge in [-0.15, -0.1) is 0 Å². The van der Waals surface area contributed by atoms with Gasteiger partial charge in [0, 0.05) is 35.4 Å². The van der Waals surface area contributed by atoms with Crippen LogP contribution in [0.15, 0.2) is 180 Å². The van der Waals surface area contributed by atoms with Crippen molar-refractivity contribution < 1.29 is 31.1 Å². The second kappa shape index (κ2) is 24.3. The molecular formula is C60H58Cl2N2O2Zr. The van der Waals surface area contributed by atoms with Crippen LogP contribution in [0.1, 0.15) is 101 Å². The van der Waals surface area contributed by atoms with Crippen LogP contribution in [0.3, 0.4) is 0 Å². The van der Waals surface area contributed by atoms with Gasteiger partial charge in [0.15, 0.2) is 0 Å². The van der Waals surface area contributed by atoms with Gasteiger partial charge >= 0.3 is 37.9 Å². The van der Waals surface area contributed by atoms with E-state index in [4.69, 9.17) is 27.0 Å². The molecule has 0 aromatic heterocycles. The first-order chi connectivity index (χ1) is 32.3. The van der Waals surface area contributed by atoms with Crippen molar-refractivity contribution in [2.24, 2.45) is 9.98 Å². The molecule has 0 bridgehead atoms. The van der Waals surface area contributed by atoms with E-state index in [9.17, 15) is 10.2 Å². The Kier molecular flexibility index (Phi) is 18.3. The summed E-state index contributed by atoms with van der Waals surface area (Å²) in [6, 6.07) is 59.1. The summed E-state index contributed by atoms with van der Waals surface area (Å²) in [4.78, 5) is 9.89. The van der Waals surface area contributed by atoms with Crippen LogP contribution in [0, 0.1) is 55.4 Å². The fourth-order valence-corrected chi connectivity index (χ4v) is 8.91. The Hall–Kier alpha value is -5.84. The van der Waals surface area contributed by atoms with E-state index in [0.717, 1.165) is 55.9 Å². The molecule has 0 saturated heterocycles. The van der Waals surface area contributed by atoms with Crippen molar-refractivity contribution >= 4 is 40.8 Å². The Bertz CT molecular complexity index is 2680. The van der Waals surface area contributed by atoms with Gasteiger partial charge in [-0.1, -0.05) is 169 Å². The van der Waals surface area contributed by atoms with E-state index in [2.05, 4.69) is 173 Å². The number of aliphatic imine (C=N–C) groups is 2. The molecule has 0 spiro atoms. The van der Waals surface area contributed by atoms with E-state index >= 15 is 0 Å². The summed E-state index contributed by atoms with van der Waals surface area (Å²) in [7, 11) is 9.87. The predicted octanol–water partition coefficient (Wildman–Crippen LogP) is 16.5. The molecule has 2 N–H and O–H groups in total. The van der Waals surface area contributed by atoms with Crippen LogP contribution in [0.4, 0.5) is 11.4 Å². The molecule has 8 aromatic rings. The molecule has 0 atom stereocenters. The molecule has 0 unspecified atom stereocenters. The third-order valence-corrected chi connectivity index (χ3v) is 11.7. The molecule has 0 fully saturated rings. The predicted molar refractivity (Wildman–Crippen MR) is 281 cm³/mol. The first-order valence-electron chi connectivity index (χ1n) is 22.4. The minimum atomic E-state index is -0.826. The SMILES string of the molecule is Cc1cc(C)c(O)c(C=Nc2c(C)cc(C)cc2C(c2ccccc2)c2ccccc2)c1.Cc1cc(C)c(O)c(C=Nc2c(C)cc(C)cc2C(c2ccccc2)c2ccccc2)c1.[Cl][Zr][Cl]. The van der Waals surface area contributed by atoms with E-state index < -0.39 is 20.8 Å². The second-order valence-corrected chi connectivity index (χ2v) is 20.9.